The summed E-state index contributed by atoms with van der Waals surface area (Å²) in [6.45, 7) is 0.443. The molecule has 5 rings (SSSR count). The number of nitrogens with zero attached hydrogens (tertiary/aromatic N) is 2. The SMILES string of the molecule is O=C(Nc1ccc(F)c(F)c1)N1CCC[C@H]1c1nc2cc(-c3ccc(F)c(F)c3)ccc2o1. The topological polar surface area (TPSA) is 58.4 Å². The molecule has 2 heterocycles. The fourth-order valence-corrected chi connectivity index (χ4v) is 3.98. The maximum atomic E-state index is 13.6. The van der Waals surface area contributed by atoms with E-state index in [1.807, 2.05) is 0 Å². The molecule has 1 aromatic heterocycles. The third-order valence-corrected chi connectivity index (χ3v) is 5.63. The van der Waals surface area contributed by atoms with Gasteiger partial charge < -0.3 is 14.6 Å². The summed E-state index contributed by atoms with van der Waals surface area (Å²) in [4.78, 5) is 18.8. The minimum Gasteiger partial charge on any atom is -0.438 e. The van der Waals surface area contributed by atoms with Crippen molar-refractivity contribution in [3.63, 3.8) is 0 Å². The number of aromatic nitrogens is 1. The van der Waals surface area contributed by atoms with Crippen molar-refractivity contribution in [3.8, 4) is 11.1 Å². The second-order valence-corrected chi connectivity index (χ2v) is 7.77. The Morgan fingerprint density at radius 1 is 0.909 bits per heavy atom. The summed E-state index contributed by atoms with van der Waals surface area (Å²) < 4.78 is 59.3. The molecule has 0 saturated carbocycles. The molecule has 0 spiro atoms. The number of likely N-dealkylation sites (tertiary alicyclic amines) is 1. The number of urea groups is 1. The summed E-state index contributed by atoms with van der Waals surface area (Å²) >= 11 is 0. The lowest BCUT2D eigenvalue weighted by atomic mass is 10.1. The van der Waals surface area contributed by atoms with Crippen molar-refractivity contribution in [3.05, 3.63) is 83.8 Å². The number of hydrogen-bond acceptors (Lipinski definition) is 3. The first kappa shape index (κ1) is 21.0. The molecule has 1 saturated heterocycles. The van der Waals surface area contributed by atoms with Crippen molar-refractivity contribution < 1.29 is 26.8 Å². The summed E-state index contributed by atoms with van der Waals surface area (Å²) in [7, 11) is 0. The van der Waals surface area contributed by atoms with E-state index >= 15 is 0 Å². The number of benzene rings is 3. The van der Waals surface area contributed by atoms with Crippen LogP contribution in [0.15, 0.2) is 59.0 Å². The number of carbonyl (C=O) groups excluding carboxylic acids is 1. The number of amides is 2. The van der Waals surface area contributed by atoms with Gasteiger partial charge >= 0.3 is 6.03 Å². The molecule has 0 unspecified atom stereocenters. The number of rotatable bonds is 3. The molecule has 33 heavy (non-hydrogen) atoms. The third kappa shape index (κ3) is 4.02. The molecule has 1 aliphatic rings. The maximum absolute atomic E-state index is 13.6. The van der Waals surface area contributed by atoms with Gasteiger partial charge in [-0.15, -0.1) is 0 Å². The van der Waals surface area contributed by atoms with E-state index in [4.69, 9.17) is 4.42 Å². The summed E-state index contributed by atoms with van der Waals surface area (Å²) in [5.74, 6) is -3.58. The van der Waals surface area contributed by atoms with Gasteiger partial charge in [0.2, 0.25) is 5.89 Å². The quantitative estimate of drug-likeness (QED) is 0.363. The predicted octanol–water partition coefficient (Wildman–Crippen LogP) is 6.42. The van der Waals surface area contributed by atoms with Crippen LogP contribution in [0.25, 0.3) is 22.2 Å². The van der Waals surface area contributed by atoms with Gasteiger partial charge in [0, 0.05) is 18.3 Å². The molecular formula is C24H17F4N3O2. The van der Waals surface area contributed by atoms with E-state index in [1.165, 1.54) is 17.0 Å². The van der Waals surface area contributed by atoms with Crippen molar-refractivity contribution in [1.29, 1.82) is 0 Å². The van der Waals surface area contributed by atoms with Gasteiger partial charge in [-0.3, -0.25) is 0 Å². The van der Waals surface area contributed by atoms with Gasteiger partial charge in [0.05, 0.1) is 0 Å². The Hall–Kier alpha value is -3.88. The fourth-order valence-electron chi connectivity index (χ4n) is 3.98. The molecule has 0 aliphatic carbocycles. The summed E-state index contributed by atoms with van der Waals surface area (Å²) in [6.07, 6.45) is 1.34. The Balaban J connectivity index is 1.39. The first-order valence-corrected chi connectivity index (χ1v) is 10.3. The molecule has 3 aromatic carbocycles. The normalized spacial score (nSPS) is 15.9. The molecule has 9 heteroatoms. The van der Waals surface area contributed by atoms with Gasteiger partial charge in [-0.1, -0.05) is 12.1 Å². The van der Waals surface area contributed by atoms with Gasteiger partial charge in [-0.2, -0.15) is 0 Å². The highest BCUT2D eigenvalue weighted by atomic mass is 19.2. The molecule has 1 N–H and O–H groups in total. The Kier molecular flexibility index (Phi) is 5.24. The molecule has 0 radical (unpaired) electrons. The maximum Gasteiger partial charge on any atom is 0.322 e. The molecule has 168 valence electrons. The average molecular weight is 455 g/mol. The van der Waals surface area contributed by atoms with Crippen molar-refractivity contribution >= 4 is 22.8 Å². The van der Waals surface area contributed by atoms with E-state index in [0.29, 0.717) is 47.5 Å². The summed E-state index contributed by atoms with van der Waals surface area (Å²) in [5, 5.41) is 2.57. The predicted molar refractivity (Wildman–Crippen MR) is 113 cm³/mol. The van der Waals surface area contributed by atoms with Crippen LogP contribution in [-0.4, -0.2) is 22.5 Å². The van der Waals surface area contributed by atoms with Crippen LogP contribution >= 0.6 is 0 Å². The molecule has 0 bridgehead atoms. The number of carbonyl (C=O) groups is 1. The highest BCUT2D eigenvalue weighted by molar-refractivity contribution is 5.90. The molecule has 1 atom stereocenters. The largest absolute Gasteiger partial charge is 0.438 e. The lowest BCUT2D eigenvalue weighted by Gasteiger charge is -2.22. The van der Waals surface area contributed by atoms with Crippen molar-refractivity contribution in [2.75, 3.05) is 11.9 Å². The molecule has 2 amide bonds. The number of hydrogen-bond donors (Lipinski definition) is 1. The van der Waals surface area contributed by atoms with Crippen LogP contribution in [0.1, 0.15) is 24.8 Å². The van der Waals surface area contributed by atoms with Crippen LogP contribution < -0.4 is 5.32 Å². The molecule has 1 fully saturated rings. The van der Waals surface area contributed by atoms with Crippen LogP contribution in [0.4, 0.5) is 28.0 Å². The van der Waals surface area contributed by atoms with E-state index in [-0.39, 0.29) is 5.69 Å². The van der Waals surface area contributed by atoms with E-state index in [2.05, 4.69) is 10.3 Å². The molecule has 5 nitrogen and oxygen atoms in total. The van der Waals surface area contributed by atoms with Crippen molar-refractivity contribution in [1.82, 2.24) is 9.88 Å². The monoisotopic (exact) mass is 455 g/mol. The second kappa shape index (κ2) is 8.23. The smallest absolute Gasteiger partial charge is 0.322 e. The molecule has 4 aromatic rings. The number of anilines is 1. The van der Waals surface area contributed by atoms with Gasteiger partial charge in [0.25, 0.3) is 0 Å². The first-order chi connectivity index (χ1) is 15.9. The number of fused-ring (bicyclic) bond motifs is 1. The van der Waals surface area contributed by atoms with Gasteiger partial charge in [-0.05, 0) is 60.4 Å². The second-order valence-electron chi connectivity index (χ2n) is 7.77. The van der Waals surface area contributed by atoms with Gasteiger partial charge in [0.1, 0.15) is 11.6 Å². The van der Waals surface area contributed by atoms with Crippen LogP contribution in [0.5, 0.6) is 0 Å². The minimum absolute atomic E-state index is 0.137. The third-order valence-electron chi connectivity index (χ3n) is 5.63. The lowest BCUT2D eigenvalue weighted by Crippen LogP contribution is -2.34. The number of nitrogens with one attached hydrogen (secondary N) is 1. The zero-order valence-electron chi connectivity index (χ0n) is 17.1. The van der Waals surface area contributed by atoms with E-state index in [1.54, 1.807) is 18.2 Å². The van der Waals surface area contributed by atoms with Crippen LogP contribution in [-0.2, 0) is 0 Å². The highest BCUT2D eigenvalue weighted by Crippen LogP contribution is 2.35. The first-order valence-electron chi connectivity index (χ1n) is 10.3. The fraction of sp³-hybridized carbons (Fsp3) is 0.167. The Labute approximate surface area is 185 Å². The molecular weight excluding hydrogens is 438 g/mol. The Bertz CT molecular complexity index is 1370. The number of oxazole rings is 1. The van der Waals surface area contributed by atoms with Crippen LogP contribution in [0, 0.1) is 23.3 Å². The number of halogens is 4. The van der Waals surface area contributed by atoms with E-state index in [0.717, 1.165) is 24.3 Å². The molecule has 1 aliphatic heterocycles. The standard InChI is InChI=1S/C24H17F4N3O2/c25-16-6-3-13(10-18(16)27)14-4-8-22-20(11-14)30-23(33-22)21-2-1-9-31(21)24(32)29-15-5-7-17(26)19(28)12-15/h3-8,10-12,21H,1-2,9H2,(H,29,32)/t21-/m0/s1. The van der Waals surface area contributed by atoms with Gasteiger partial charge in [-0.25, -0.2) is 27.3 Å². The van der Waals surface area contributed by atoms with E-state index < -0.39 is 35.3 Å². The Morgan fingerprint density at radius 2 is 1.61 bits per heavy atom. The highest BCUT2D eigenvalue weighted by Gasteiger charge is 2.33. The zero-order chi connectivity index (χ0) is 23.1. The van der Waals surface area contributed by atoms with Gasteiger partial charge in [0.15, 0.2) is 28.9 Å². The van der Waals surface area contributed by atoms with E-state index in [9.17, 15) is 22.4 Å². The summed E-state index contributed by atoms with van der Waals surface area (Å²) in [5.41, 5.74) is 2.27. The minimum atomic E-state index is -1.05. The van der Waals surface area contributed by atoms with Crippen molar-refractivity contribution in [2.24, 2.45) is 0 Å². The average Bonchev–Trinajstić information content (AvgIpc) is 3.44. The van der Waals surface area contributed by atoms with Crippen LogP contribution in [0.3, 0.4) is 0 Å². The van der Waals surface area contributed by atoms with Crippen LogP contribution in [0.2, 0.25) is 0 Å². The zero-order valence-corrected chi connectivity index (χ0v) is 17.1. The Morgan fingerprint density at radius 3 is 2.36 bits per heavy atom. The van der Waals surface area contributed by atoms with Crippen molar-refractivity contribution in [2.45, 2.75) is 18.9 Å². The summed E-state index contributed by atoms with van der Waals surface area (Å²) in [6, 6.07) is 11.0. The lowest BCUT2D eigenvalue weighted by molar-refractivity contribution is 0.199.